The van der Waals surface area contributed by atoms with E-state index in [9.17, 15) is 4.79 Å². The first-order valence-electron chi connectivity index (χ1n) is 7.01. The minimum absolute atomic E-state index is 0.0469. The van der Waals surface area contributed by atoms with Crippen LogP contribution in [-0.4, -0.2) is 23.4 Å². The third-order valence-electron chi connectivity index (χ3n) is 4.18. The maximum atomic E-state index is 11.7. The number of Topliss-reactive ketones (excluding diaryl/α,β-unsaturated/α-hetero) is 1. The number of piperidine rings is 1. The van der Waals surface area contributed by atoms with Gasteiger partial charge in [0.05, 0.1) is 6.04 Å². The maximum absolute atomic E-state index is 11.7. The van der Waals surface area contributed by atoms with E-state index in [2.05, 4.69) is 17.0 Å². The summed E-state index contributed by atoms with van der Waals surface area (Å²) >= 11 is 0. The molecular weight excluding hydrogens is 224 g/mol. The fourth-order valence-electron chi connectivity index (χ4n) is 3.20. The zero-order chi connectivity index (χ0) is 12.5. The molecule has 1 aliphatic carbocycles. The second kappa shape index (κ2) is 4.71. The molecular formula is C15H20N2O. The molecule has 0 saturated carbocycles. The van der Waals surface area contributed by atoms with E-state index in [4.69, 9.17) is 4.98 Å². The van der Waals surface area contributed by atoms with Crippen molar-refractivity contribution in [2.75, 3.05) is 11.4 Å². The van der Waals surface area contributed by atoms with Crippen LogP contribution in [0.1, 0.15) is 43.9 Å². The summed E-state index contributed by atoms with van der Waals surface area (Å²) < 4.78 is 0. The molecule has 0 aromatic carbocycles. The van der Waals surface area contributed by atoms with Gasteiger partial charge in [-0.2, -0.15) is 0 Å². The number of carbonyl (C=O) groups is 1. The summed E-state index contributed by atoms with van der Waals surface area (Å²) in [5.41, 5.74) is 2.65. The monoisotopic (exact) mass is 244 g/mol. The number of ketones is 1. The number of anilines is 1. The first-order chi connectivity index (χ1) is 8.75. The van der Waals surface area contributed by atoms with Crippen molar-refractivity contribution in [3.8, 4) is 0 Å². The third kappa shape index (κ3) is 2.02. The Labute approximate surface area is 108 Å². The Morgan fingerprint density at radius 2 is 2.17 bits per heavy atom. The molecule has 2 aliphatic rings. The number of hydrogen-bond acceptors (Lipinski definition) is 3. The molecule has 2 heterocycles. The molecule has 96 valence electrons. The summed E-state index contributed by atoms with van der Waals surface area (Å²) in [6.45, 7) is 2.67. The van der Waals surface area contributed by atoms with Crippen LogP contribution in [0.15, 0.2) is 12.1 Å². The van der Waals surface area contributed by atoms with E-state index in [0.717, 1.165) is 31.6 Å². The highest BCUT2D eigenvalue weighted by molar-refractivity contribution is 5.84. The molecule has 1 aromatic heterocycles. The van der Waals surface area contributed by atoms with Crippen molar-refractivity contribution in [3.63, 3.8) is 0 Å². The summed E-state index contributed by atoms with van der Waals surface area (Å²) in [4.78, 5) is 18.7. The number of carbonyl (C=O) groups excluding carboxylic acids is 1. The van der Waals surface area contributed by atoms with Gasteiger partial charge in [-0.15, -0.1) is 0 Å². The number of fused-ring (bicyclic) bond motifs is 1. The smallest absolute Gasteiger partial charge is 0.152 e. The minimum Gasteiger partial charge on any atom is -0.347 e. The fourth-order valence-corrected chi connectivity index (χ4v) is 3.20. The number of rotatable bonds is 2. The minimum atomic E-state index is 0.0469. The van der Waals surface area contributed by atoms with Gasteiger partial charge in [0.25, 0.3) is 0 Å². The van der Waals surface area contributed by atoms with Gasteiger partial charge >= 0.3 is 0 Å². The summed E-state index contributed by atoms with van der Waals surface area (Å²) in [6, 6.07) is 4.35. The second-order valence-corrected chi connectivity index (χ2v) is 5.44. The predicted octanol–water partition coefficient (Wildman–Crippen LogP) is 2.52. The largest absolute Gasteiger partial charge is 0.347 e. The lowest BCUT2D eigenvalue weighted by Gasteiger charge is -2.35. The van der Waals surface area contributed by atoms with Crippen LogP contribution in [0.25, 0.3) is 0 Å². The number of nitrogens with zero attached hydrogens (tertiary/aromatic N) is 2. The van der Waals surface area contributed by atoms with E-state index in [1.807, 2.05) is 0 Å². The van der Waals surface area contributed by atoms with E-state index < -0.39 is 0 Å². The van der Waals surface area contributed by atoms with Crippen LogP contribution in [0, 0.1) is 0 Å². The standard InChI is InChI=1S/C15H20N2O/c1-11(18)14-7-2-3-10-17(14)15-9-8-12-5-4-6-13(12)16-15/h8-9,14H,2-7,10H2,1H3. The van der Waals surface area contributed by atoms with Gasteiger partial charge in [0.15, 0.2) is 5.78 Å². The Morgan fingerprint density at radius 3 is 3.00 bits per heavy atom. The molecule has 1 fully saturated rings. The number of aryl methyl sites for hydroxylation is 2. The molecule has 1 aromatic rings. The van der Waals surface area contributed by atoms with E-state index in [0.29, 0.717) is 0 Å². The van der Waals surface area contributed by atoms with Crippen molar-refractivity contribution in [1.29, 1.82) is 0 Å². The number of pyridine rings is 1. The Kier molecular flexibility index (Phi) is 3.06. The zero-order valence-electron chi connectivity index (χ0n) is 11.0. The lowest BCUT2D eigenvalue weighted by Crippen LogP contribution is -2.44. The van der Waals surface area contributed by atoms with Gasteiger partial charge in [0.2, 0.25) is 0 Å². The highest BCUT2D eigenvalue weighted by atomic mass is 16.1. The molecule has 0 amide bonds. The van der Waals surface area contributed by atoms with E-state index in [1.165, 1.54) is 30.5 Å². The molecule has 1 atom stereocenters. The van der Waals surface area contributed by atoms with Gasteiger partial charge in [-0.1, -0.05) is 6.07 Å². The van der Waals surface area contributed by atoms with Gasteiger partial charge in [-0.05, 0) is 57.1 Å². The van der Waals surface area contributed by atoms with E-state index >= 15 is 0 Å². The molecule has 1 saturated heterocycles. The normalized spacial score (nSPS) is 22.9. The van der Waals surface area contributed by atoms with E-state index in [1.54, 1.807) is 6.92 Å². The van der Waals surface area contributed by atoms with Gasteiger partial charge < -0.3 is 4.90 Å². The first-order valence-corrected chi connectivity index (χ1v) is 7.01. The lowest BCUT2D eigenvalue weighted by atomic mass is 9.99. The van der Waals surface area contributed by atoms with Crippen molar-refractivity contribution < 1.29 is 4.79 Å². The predicted molar refractivity (Wildman–Crippen MR) is 71.9 cm³/mol. The van der Waals surface area contributed by atoms with Gasteiger partial charge in [-0.3, -0.25) is 4.79 Å². The van der Waals surface area contributed by atoms with Crippen molar-refractivity contribution in [2.24, 2.45) is 0 Å². The van der Waals surface area contributed by atoms with Crippen LogP contribution in [0.3, 0.4) is 0 Å². The van der Waals surface area contributed by atoms with Gasteiger partial charge in [-0.25, -0.2) is 4.98 Å². The molecule has 3 rings (SSSR count). The zero-order valence-corrected chi connectivity index (χ0v) is 11.0. The van der Waals surface area contributed by atoms with Crippen molar-refractivity contribution >= 4 is 11.6 Å². The van der Waals surface area contributed by atoms with E-state index in [-0.39, 0.29) is 11.8 Å². The molecule has 1 aliphatic heterocycles. The molecule has 0 spiro atoms. The highest BCUT2D eigenvalue weighted by Gasteiger charge is 2.27. The Bertz CT molecular complexity index is 470. The van der Waals surface area contributed by atoms with Crippen LogP contribution in [0.2, 0.25) is 0 Å². The maximum Gasteiger partial charge on any atom is 0.152 e. The second-order valence-electron chi connectivity index (χ2n) is 5.44. The molecule has 0 bridgehead atoms. The summed E-state index contributed by atoms with van der Waals surface area (Å²) in [6.07, 6.45) is 6.80. The molecule has 3 heteroatoms. The van der Waals surface area contributed by atoms with Crippen molar-refractivity contribution in [3.05, 3.63) is 23.4 Å². The molecule has 0 N–H and O–H groups in total. The average Bonchev–Trinajstić information content (AvgIpc) is 2.85. The van der Waals surface area contributed by atoms with Crippen LogP contribution >= 0.6 is 0 Å². The Hall–Kier alpha value is -1.38. The first kappa shape index (κ1) is 11.7. The lowest BCUT2D eigenvalue weighted by molar-refractivity contribution is -0.118. The van der Waals surface area contributed by atoms with Crippen LogP contribution in [-0.2, 0) is 17.6 Å². The summed E-state index contributed by atoms with van der Waals surface area (Å²) in [5, 5.41) is 0. The number of hydrogen-bond donors (Lipinski definition) is 0. The SMILES string of the molecule is CC(=O)C1CCCCN1c1ccc2c(n1)CCC2. The third-order valence-corrected chi connectivity index (χ3v) is 4.18. The van der Waals surface area contributed by atoms with Gasteiger partial charge in [0, 0.05) is 12.2 Å². The van der Waals surface area contributed by atoms with Crippen LogP contribution in [0.4, 0.5) is 5.82 Å². The molecule has 3 nitrogen and oxygen atoms in total. The Balaban J connectivity index is 1.90. The average molecular weight is 244 g/mol. The topological polar surface area (TPSA) is 33.2 Å². The highest BCUT2D eigenvalue weighted by Crippen LogP contribution is 2.27. The molecule has 1 unspecified atom stereocenters. The van der Waals surface area contributed by atoms with Crippen LogP contribution < -0.4 is 4.90 Å². The van der Waals surface area contributed by atoms with Crippen molar-refractivity contribution in [2.45, 2.75) is 51.5 Å². The Morgan fingerprint density at radius 1 is 1.28 bits per heavy atom. The van der Waals surface area contributed by atoms with Crippen LogP contribution in [0.5, 0.6) is 0 Å². The summed E-state index contributed by atoms with van der Waals surface area (Å²) in [7, 11) is 0. The summed E-state index contributed by atoms with van der Waals surface area (Å²) in [5.74, 6) is 1.28. The van der Waals surface area contributed by atoms with Crippen molar-refractivity contribution in [1.82, 2.24) is 4.98 Å². The quantitative estimate of drug-likeness (QED) is 0.801. The number of aromatic nitrogens is 1. The fraction of sp³-hybridized carbons (Fsp3) is 0.600. The molecule has 18 heavy (non-hydrogen) atoms. The van der Waals surface area contributed by atoms with Gasteiger partial charge in [0.1, 0.15) is 5.82 Å². The molecule has 0 radical (unpaired) electrons.